The topological polar surface area (TPSA) is 104 Å². The minimum atomic E-state index is -0.852. The molecule has 0 radical (unpaired) electrons. The number of carboxylic acid groups (broad SMARTS) is 1. The molecule has 0 aliphatic carbocycles. The van der Waals surface area contributed by atoms with E-state index in [-0.39, 0.29) is 12.1 Å². The summed E-state index contributed by atoms with van der Waals surface area (Å²) in [6, 6.07) is 1.34. The van der Waals surface area contributed by atoms with Crippen LogP contribution in [0.4, 0.5) is 5.82 Å². The van der Waals surface area contributed by atoms with Crippen molar-refractivity contribution in [2.24, 2.45) is 5.41 Å². The Labute approximate surface area is 116 Å². The number of aromatic nitrogens is 2. The second kappa shape index (κ2) is 6.04. The summed E-state index contributed by atoms with van der Waals surface area (Å²) in [5, 5.41) is 12.4. The lowest BCUT2D eigenvalue weighted by molar-refractivity contribution is -0.153. The van der Waals surface area contributed by atoms with Crippen LogP contribution in [0.25, 0.3) is 0 Å². The van der Waals surface area contributed by atoms with Gasteiger partial charge in [-0.3, -0.25) is 9.59 Å². The molecule has 0 amide bonds. The molecule has 3 N–H and O–H groups in total. The Bertz CT molecular complexity index is 535. The molecule has 0 aromatic carbocycles. The van der Waals surface area contributed by atoms with E-state index in [9.17, 15) is 14.7 Å². The zero-order chi connectivity index (χ0) is 14.6. The predicted octanol–water partition coefficient (Wildman–Crippen LogP) is 0.626. The number of anilines is 1. The van der Waals surface area contributed by atoms with Crippen LogP contribution < -0.4 is 10.9 Å². The molecule has 2 rings (SSSR count). The Balaban J connectivity index is 2.11. The number of ether oxygens (including phenoxy) is 1. The summed E-state index contributed by atoms with van der Waals surface area (Å²) in [5.74, 6) is 0.155. The molecule has 1 aliphatic heterocycles. The minimum absolute atomic E-state index is 0.240. The maximum Gasteiger partial charge on any atom is 0.311 e. The highest BCUT2D eigenvalue weighted by Crippen LogP contribution is 2.31. The lowest BCUT2D eigenvalue weighted by Gasteiger charge is -2.33. The lowest BCUT2D eigenvalue weighted by atomic mass is 9.80. The van der Waals surface area contributed by atoms with E-state index >= 15 is 0 Å². The quantitative estimate of drug-likeness (QED) is 0.731. The van der Waals surface area contributed by atoms with E-state index in [4.69, 9.17) is 4.74 Å². The van der Waals surface area contributed by atoms with Gasteiger partial charge in [0.2, 0.25) is 0 Å². The van der Waals surface area contributed by atoms with E-state index in [1.807, 2.05) is 6.92 Å². The Hall–Kier alpha value is -1.89. The third-order valence-corrected chi connectivity index (χ3v) is 3.64. The fourth-order valence-electron chi connectivity index (χ4n) is 2.25. The van der Waals surface area contributed by atoms with Crippen molar-refractivity contribution in [3.05, 3.63) is 22.2 Å². The normalized spacial score (nSPS) is 17.6. The van der Waals surface area contributed by atoms with E-state index in [0.29, 0.717) is 44.1 Å². The smallest absolute Gasteiger partial charge is 0.311 e. The third-order valence-electron chi connectivity index (χ3n) is 3.64. The maximum absolute atomic E-state index is 11.5. The number of nitrogens with zero attached hydrogens (tertiary/aromatic N) is 1. The van der Waals surface area contributed by atoms with Gasteiger partial charge in [0, 0.05) is 32.2 Å². The van der Waals surface area contributed by atoms with Crippen LogP contribution in [0.1, 0.15) is 25.6 Å². The molecule has 2 heterocycles. The van der Waals surface area contributed by atoms with E-state index in [1.165, 1.54) is 6.07 Å². The number of rotatable bonds is 5. The van der Waals surface area contributed by atoms with Crippen LogP contribution in [0.3, 0.4) is 0 Å². The molecule has 20 heavy (non-hydrogen) atoms. The van der Waals surface area contributed by atoms with Gasteiger partial charge in [-0.25, -0.2) is 4.98 Å². The fraction of sp³-hybridized carbons (Fsp3) is 0.615. The Kier molecular flexibility index (Phi) is 4.39. The van der Waals surface area contributed by atoms with Crippen molar-refractivity contribution in [3.8, 4) is 0 Å². The number of hydrogen-bond donors (Lipinski definition) is 3. The Morgan fingerprint density at radius 2 is 2.25 bits per heavy atom. The number of carboxylic acids is 1. The average molecular weight is 281 g/mol. The number of nitrogens with one attached hydrogen (secondary N) is 2. The zero-order valence-electron chi connectivity index (χ0n) is 11.4. The van der Waals surface area contributed by atoms with Gasteiger partial charge in [0.1, 0.15) is 11.6 Å². The molecule has 0 unspecified atom stereocenters. The van der Waals surface area contributed by atoms with E-state index in [1.54, 1.807) is 0 Å². The molecule has 1 saturated heterocycles. The van der Waals surface area contributed by atoms with Crippen molar-refractivity contribution in [2.75, 3.05) is 25.1 Å². The predicted molar refractivity (Wildman–Crippen MR) is 72.8 cm³/mol. The number of hydrogen-bond acceptors (Lipinski definition) is 5. The highest BCUT2D eigenvalue weighted by Gasteiger charge is 2.40. The molecule has 0 bridgehead atoms. The van der Waals surface area contributed by atoms with Crippen LogP contribution in [-0.4, -0.2) is 40.8 Å². The largest absolute Gasteiger partial charge is 0.481 e. The Morgan fingerprint density at radius 1 is 1.55 bits per heavy atom. The molecule has 1 aromatic rings. The Morgan fingerprint density at radius 3 is 2.85 bits per heavy atom. The molecule has 110 valence electrons. The summed E-state index contributed by atoms with van der Waals surface area (Å²) in [4.78, 5) is 29.8. The molecule has 1 aliphatic rings. The first kappa shape index (κ1) is 14.5. The molecule has 0 spiro atoms. The van der Waals surface area contributed by atoms with Gasteiger partial charge in [0.25, 0.3) is 5.56 Å². The van der Waals surface area contributed by atoms with E-state index in [2.05, 4.69) is 15.3 Å². The standard InChI is InChI=1S/C13H19N3O4/c1-2-9-15-10(7-11(17)16-9)14-8-13(12(18)19)3-5-20-6-4-13/h7H,2-6,8H2,1H3,(H,18,19)(H2,14,15,16,17). The van der Waals surface area contributed by atoms with Crippen molar-refractivity contribution in [2.45, 2.75) is 26.2 Å². The molecule has 0 atom stereocenters. The number of H-pyrrole nitrogens is 1. The summed E-state index contributed by atoms with van der Waals surface area (Å²) in [5.41, 5.74) is -1.09. The van der Waals surface area contributed by atoms with Crippen LogP contribution in [0, 0.1) is 5.41 Å². The van der Waals surface area contributed by atoms with Gasteiger partial charge in [0.05, 0.1) is 5.41 Å². The van der Waals surface area contributed by atoms with Crippen molar-refractivity contribution >= 4 is 11.8 Å². The third kappa shape index (κ3) is 3.16. The van der Waals surface area contributed by atoms with Crippen LogP contribution >= 0.6 is 0 Å². The molecule has 1 aromatic heterocycles. The average Bonchev–Trinajstić information content (AvgIpc) is 2.45. The molecule has 7 heteroatoms. The van der Waals surface area contributed by atoms with Crippen molar-refractivity contribution < 1.29 is 14.6 Å². The van der Waals surface area contributed by atoms with Gasteiger partial charge in [-0.2, -0.15) is 0 Å². The number of aliphatic carboxylic acids is 1. The van der Waals surface area contributed by atoms with Crippen LogP contribution in [-0.2, 0) is 16.0 Å². The second-order valence-electron chi connectivity index (χ2n) is 4.98. The van der Waals surface area contributed by atoms with Gasteiger partial charge in [-0.1, -0.05) is 6.92 Å². The zero-order valence-corrected chi connectivity index (χ0v) is 11.4. The molecule has 7 nitrogen and oxygen atoms in total. The monoisotopic (exact) mass is 281 g/mol. The first-order valence-electron chi connectivity index (χ1n) is 6.71. The highest BCUT2D eigenvalue weighted by atomic mass is 16.5. The highest BCUT2D eigenvalue weighted by molar-refractivity contribution is 5.75. The van der Waals surface area contributed by atoms with E-state index < -0.39 is 11.4 Å². The SMILES string of the molecule is CCc1nc(NCC2(C(=O)O)CCOCC2)cc(=O)[nH]1. The molecule has 0 saturated carbocycles. The maximum atomic E-state index is 11.5. The summed E-state index contributed by atoms with van der Waals surface area (Å²) >= 11 is 0. The van der Waals surface area contributed by atoms with Gasteiger partial charge in [0.15, 0.2) is 0 Å². The summed E-state index contributed by atoms with van der Waals surface area (Å²) in [6.45, 7) is 3.01. The van der Waals surface area contributed by atoms with Crippen LogP contribution in [0.2, 0.25) is 0 Å². The van der Waals surface area contributed by atoms with Crippen molar-refractivity contribution in [3.63, 3.8) is 0 Å². The summed E-state index contributed by atoms with van der Waals surface area (Å²) < 4.78 is 5.22. The molecular formula is C13H19N3O4. The first-order valence-corrected chi connectivity index (χ1v) is 6.71. The molecule has 1 fully saturated rings. The summed E-state index contributed by atoms with van der Waals surface area (Å²) in [7, 11) is 0. The van der Waals surface area contributed by atoms with Gasteiger partial charge in [-0.15, -0.1) is 0 Å². The summed E-state index contributed by atoms with van der Waals surface area (Å²) in [6.07, 6.45) is 1.53. The molecular weight excluding hydrogens is 262 g/mol. The van der Waals surface area contributed by atoms with Crippen molar-refractivity contribution in [1.29, 1.82) is 0 Å². The minimum Gasteiger partial charge on any atom is -0.481 e. The fourth-order valence-corrected chi connectivity index (χ4v) is 2.25. The first-order chi connectivity index (χ1) is 9.55. The van der Waals surface area contributed by atoms with Gasteiger partial charge >= 0.3 is 5.97 Å². The van der Waals surface area contributed by atoms with Crippen LogP contribution in [0.5, 0.6) is 0 Å². The van der Waals surface area contributed by atoms with Crippen LogP contribution in [0.15, 0.2) is 10.9 Å². The number of aryl methyl sites for hydroxylation is 1. The van der Waals surface area contributed by atoms with E-state index in [0.717, 1.165) is 0 Å². The number of carbonyl (C=O) groups is 1. The number of aromatic amines is 1. The lowest BCUT2D eigenvalue weighted by Crippen LogP contribution is -2.42. The van der Waals surface area contributed by atoms with Crippen molar-refractivity contribution in [1.82, 2.24) is 9.97 Å². The van der Waals surface area contributed by atoms with Gasteiger partial charge < -0.3 is 20.1 Å². The van der Waals surface area contributed by atoms with Gasteiger partial charge in [-0.05, 0) is 12.8 Å². The second-order valence-corrected chi connectivity index (χ2v) is 4.98.